The van der Waals surface area contributed by atoms with Crippen LogP contribution in [-0.2, 0) is 17.6 Å². The predicted molar refractivity (Wildman–Crippen MR) is 98.0 cm³/mol. The van der Waals surface area contributed by atoms with Crippen LogP contribution in [0.3, 0.4) is 0 Å². The molecule has 1 N–H and O–H groups in total. The van der Waals surface area contributed by atoms with Crippen molar-refractivity contribution < 1.29 is 22.7 Å². The number of hydrogen-bond acceptors (Lipinski definition) is 4. The monoisotopic (exact) mass is 421 g/mol. The van der Waals surface area contributed by atoms with Crippen molar-refractivity contribution in [2.45, 2.75) is 56.5 Å². The molecule has 1 aromatic carbocycles. The molecule has 1 aliphatic heterocycles. The zero-order chi connectivity index (χ0) is 21.5. The Labute approximate surface area is 169 Å². The van der Waals surface area contributed by atoms with E-state index in [9.17, 15) is 22.7 Å². The molecule has 1 aliphatic carbocycles. The smallest absolute Gasteiger partial charge is 0.374 e. The molecule has 0 unspecified atom stereocenters. The molecule has 0 amide bonds. The van der Waals surface area contributed by atoms with Crippen molar-refractivity contribution in [2.75, 3.05) is 0 Å². The average molecular weight is 421 g/mol. The molecule has 30 heavy (non-hydrogen) atoms. The minimum atomic E-state index is -4.87. The topological polar surface area (TPSA) is 68.8 Å². The standard InChI is InChI=1S/C20H19F4N5O/c1-11-10-28-15(14-9-25-16(29(11)14)18(2,30)20(22,23)24)26-27-17(28)19(7-8-19)12-3-5-13(21)6-4-12/h3-6,9,11,30H,7-8,10H2,1-2H3/t11-,18+/m0/s1. The molecule has 3 aromatic rings. The Morgan fingerprint density at radius 2 is 1.80 bits per heavy atom. The van der Waals surface area contributed by atoms with Crippen LogP contribution >= 0.6 is 0 Å². The summed E-state index contributed by atoms with van der Waals surface area (Å²) in [7, 11) is 0. The Hall–Kier alpha value is -2.75. The average Bonchev–Trinajstić information content (AvgIpc) is 3.15. The first-order valence-corrected chi connectivity index (χ1v) is 9.63. The molecule has 0 radical (unpaired) electrons. The summed E-state index contributed by atoms with van der Waals surface area (Å²) in [5, 5.41) is 18.8. The maximum atomic E-state index is 13.4. The van der Waals surface area contributed by atoms with Gasteiger partial charge >= 0.3 is 6.18 Å². The normalized spacial score (nSPS) is 21.6. The van der Waals surface area contributed by atoms with Crippen LogP contribution in [0.4, 0.5) is 17.6 Å². The third kappa shape index (κ3) is 2.49. The van der Waals surface area contributed by atoms with Crippen LogP contribution in [0, 0.1) is 5.82 Å². The van der Waals surface area contributed by atoms with Crippen molar-refractivity contribution >= 4 is 0 Å². The number of aliphatic hydroxyl groups is 1. The quantitative estimate of drug-likeness (QED) is 0.655. The van der Waals surface area contributed by atoms with Gasteiger partial charge in [-0.05, 0) is 44.4 Å². The third-order valence-corrected chi connectivity index (χ3v) is 6.23. The number of hydrogen-bond donors (Lipinski definition) is 1. The molecule has 6 nitrogen and oxygen atoms in total. The second-order valence-corrected chi connectivity index (χ2v) is 8.30. The number of nitrogens with zero attached hydrogens (tertiary/aromatic N) is 5. The first kappa shape index (κ1) is 19.2. The fourth-order valence-electron chi connectivity index (χ4n) is 4.36. The van der Waals surface area contributed by atoms with Crippen molar-refractivity contribution in [1.82, 2.24) is 24.3 Å². The predicted octanol–water partition coefficient (Wildman–Crippen LogP) is 3.71. The molecule has 0 spiro atoms. The van der Waals surface area contributed by atoms with Gasteiger partial charge in [0.25, 0.3) is 0 Å². The van der Waals surface area contributed by atoms with E-state index in [0.717, 1.165) is 18.4 Å². The van der Waals surface area contributed by atoms with E-state index in [4.69, 9.17) is 0 Å². The summed E-state index contributed by atoms with van der Waals surface area (Å²) >= 11 is 0. The summed E-state index contributed by atoms with van der Waals surface area (Å²) in [5.74, 6) is 0.341. The van der Waals surface area contributed by atoms with Crippen LogP contribution in [0.25, 0.3) is 11.5 Å². The number of imidazole rings is 1. The summed E-state index contributed by atoms with van der Waals surface area (Å²) in [6.45, 7) is 2.81. The number of benzene rings is 1. The lowest BCUT2D eigenvalue weighted by Crippen LogP contribution is -2.42. The highest BCUT2D eigenvalue weighted by atomic mass is 19.4. The van der Waals surface area contributed by atoms with Crippen LogP contribution in [0.1, 0.15) is 49.9 Å². The van der Waals surface area contributed by atoms with Gasteiger partial charge in [-0.2, -0.15) is 13.2 Å². The molecule has 10 heteroatoms. The molecule has 2 aromatic heterocycles. The number of rotatable bonds is 3. The van der Waals surface area contributed by atoms with Crippen molar-refractivity contribution in [3.05, 3.63) is 53.5 Å². The summed E-state index contributed by atoms with van der Waals surface area (Å²) in [4.78, 5) is 3.91. The maximum Gasteiger partial charge on any atom is 0.424 e. The second kappa shape index (κ2) is 5.90. The highest BCUT2D eigenvalue weighted by molar-refractivity contribution is 5.54. The Bertz CT molecular complexity index is 1130. The van der Waals surface area contributed by atoms with Crippen LogP contribution in [-0.4, -0.2) is 35.6 Å². The summed E-state index contributed by atoms with van der Waals surface area (Å²) in [6, 6.07) is 5.88. The van der Waals surface area contributed by atoms with Crippen LogP contribution in [0.5, 0.6) is 0 Å². The summed E-state index contributed by atoms with van der Waals surface area (Å²) in [5.41, 5.74) is -2.15. The van der Waals surface area contributed by atoms with E-state index in [-0.39, 0.29) is 11.2 Å². The van der Waals surface area contributed by atoms with E-state index in [1.54, 1.807) is 19.1 Å². The number of fused-ring (bicyclic) bond motifs is 3. The van der Waals surface area contributed by atoms with E-state index in [1.165, 1.54) is 22.9 Å². The third-order valence-electron chi connectivity index (χ3n) is 6.23. The summed E-state index contributed by atoms with van der Waals surface area (Å²) in [6.07, 6.45) is -1.91. The molecule has 2 atom stereocenters. The highest BCUT2D eigenvalue weighted by Crippen LogP contribution is 2.54. The first-order valence-electron chi connectivity index (χ1n) is 9.63. The molecule has 1 fully saturated rings. The molecule has 2 aliphatic rings. The molecular weight excluding hydrogens is 402 g/mol. The first-order chi connectivity index (χ1) is 14.1. The van der Waals surface area contributed by atoms with Gasteiger partial charge in [0.15, 0.2) is 11.6 Å². The van der Waals surface area contributed by atoms with Gasteiger partial charge in [0.2, 0.25) is 5.60 Å². The van der Waals surface area contributed by atoms with Gasteiger partial charge in [-0.1, -0.05) is 12.1 Å². The van der Waals surface area contributed by atoms with Gasteiger partial charge in [0.05, 0.1) is 17.7 Å². The van der Waals surface area contributed by atoms with E-state index >= 15 is 0 Å². The van der Waals surface area contributed by atoms with Crippen molar-refractivity contribution in [2.24, 2.45) is 0 Å². The Kier molecular flexibility index (Phi) is 3.78. The minimum absolute atomic E-state index is 0.320. The minimum Gasteiger partial charge on any atom is -0.374 e. The summed E-state index contributed by atoms with van der Waals surface area (Å²) < 4.78 is 56.9. The fraction of sp³-hybridized carbons (Fsp3) is 0.450. The van der Waals surface area contributed by atoms with Crippen molar-refractivity contribution in [3.63, 3.8) is 0 Å². The van der Waals surface area contributed by atoms with Gasteiger partial charge in [-0.3, -0.25) is 0 Å². The van der Waals surface area contributed by atoms with E-state index in [1.807, 2.05) is 4.57 Å². The zero-order valence-electron chi connectivity index (χ0n) is 16.3. The van der Waals surface area contributed by atoms with Gasteiger partial charge in [0, 0.05) is 6.54 Å². The Balaban J connectivity index is 1.62. The molecular formula is C20H19F4N5O. The van der Waals surface area contributed by atoms with Crippen molar-refractivity contribution in [3.8, 4) is 11.5 Å². The second-order valence-electron chi connectivity index (χ2n) is 8.30. The largest absolute Gasteiger partial charge is 0.424 e. The fourth-order valence-corrected chi connectivity index (χ4v) is 4.36. The van der Waals surface area contributed by atoms with E-state index in [0.29, 0.717) is 30.8 Å². The lowest BCUT2D eigenvalue weighted by atomic mass is 9.94. The number of alkyl halides is 3. The molecule has 5 rings (SSSR count). The van der Waals surface area contributed by atoms with Crippen molar-refractivity contribution in [1.29, 1.82) is 0 Å². The maximum absolute atomic E-state index is 13.4. The molecule has 3 heterocycles. The van der Waals surface area contributed by atoms with Crippen LogP contribution < -0.4 is 0 Å². The lowest BCUT2D eigenvalue weighted by Gasteiger charge is -2.32. The van der Waals surface area contributed by atoms with Crippen LogP contribution in [0.15, 0.2) is 30.5 Å². The SMILES string of the molecule is C[C@H]1Cn2c(nnc2C2(c3ccc(F)cc3)CC2)-c2cnc([C@@](C)(O)C(F)(F)F)n21. The molecule has 1 saturated carbocycles. The van der Waals surface area contributed by atoms with Gasteiger partial charge in [-0.25, -0.2) is 9.37 Å². The number of aromatic nitrogens is 5. The van der Waals surface area contributed by atoms with Crippen LogP contribution in [0.2, 0.25) is 0 Å². The zero-order valence-corrected chi connectivity index (χ0v) is 16.3. The Morgan fingerprint density at radius 3 is 2.40 bits per heavy atom. The highest BCUT2D eigenvalue weighted by Gasteiger charge is 2.56. The van der Waals surface area contributed by atoms with E-state index in [2.05, 4.69) is 15.2 Å². The molecule has 0 bridgehead atoms. The van der Waals surface area contributed by atoms with Gasteiger partial charge in [0.1, 0.15) is 17.3 Å². The lowest BCUT2D eigenvalue weighted by molar-refractivity contribution is -0.262. The Morgan fingerprint density at radius 1 is 1.13 bits per heavy atom. The van der Waals surface area contributed by atoms with Gasteiger partial charge < -0.3 is 14.2 Å². The molecule has 0 saturated heterocycles. The number of halogens is 4. The molecule has 158 valence electrons. The van der Waals surface area contributed by atoms with E-state index < -0.39 is 23.6 Å². The van der Waals surface area contributed by atoms with Gasteiger partial charge in [-0.15, -0.1) is 10.2 Å².